The number of benzene rings is 2. The average molecular weight is 570 g/mol. The number of anilines is 3. The summed E-state index contributed by atoms with van der Waals surface area (Å²) < 4.78 is 7.12. The van der Waals surface area contributed by atoms with Crippen molar-refractivity contribution < 1.29 is 9.53 Å². The third kappa shape index (κ3) is 5.20. The van der Waals surface area contributed by atoms with Gasteiger partial charge in [0.2, 0.25) is 11.9 Å². The Morgan fingerprint density at radius 2 is 1.69 bits per heavy atom. The molecule has 5 rings (SSSR count). The summed E-state index contributed by atoms with van der Waals surface area (Å²) in [6.45, 7) is 2.81. The molecule has 13 heteroatoms. The molecule has 3 heterocycles. The van der Waals surface area contributed by atoms with Crippen molar-refractivity contribution in [1.82, 2.24) is 24.0 Å². The van der Waals surface area contributed by atoms with E-state index in [2.05, 4.69) is 20.2 Å². The number of para-hydroxylation sites is 1. The molecular formula is C26H25Cl2N7O4. The maximum atomic E-state index is 13.3. The normalized spacial score (nSPS) is 13.6. The van der Waals surface area contributed by atoms with E-state index < -0.39 is 11.2 Å². The molecule has 0 unspecified atom stereocenters. The van der Waals surface area contributed by atoms with Crippen LogP contribution in [0.2, 0.25) is 10.0 Å². The van der Waals surface area contributed by atoms with Crippen molar-refractivity contribution in [2.24, 2.45) is 7.05 Å². The number of aromatic nitrogens is 4. The molecular weight excluding hydrogens is 545 g/mol. The van der Waals surface area contributed by atoms with Gasteiger partial charge in [-0.25, -0.2) is 14.3 Å². The van der Waals surface area contributed by atoms with Gasteiger partial charge >= 0.3 is 5.69 Å². The van der Waals surface area contributed by atoms with Gasteiger partial charge in [0.1, 0.15) is 12.0 Å². The van der Waals surface area contributed by atoms with Crippen molar-refractivity contribution in [3.8, 4) is 5.69 Å². The summed E-state index contributed by atoms with van der Waals surface area (Å²) in [5.74, 6) is 0.222. The third-order valence-electron chi connectivity index (χ3n) is 6.55. The van der Waals surface area contributed by atoms with Crippen LogP contribution in [0.25, 0.3) is 16.7 Å². The van der Waals surface area contributed by atoms with Gasteiger partial charge in [-0.05, 0) is 36.4 Å². The van der Waals surface area contributed by atoms with Crippen LogP contribution >= 0.6 is 23.2 Å². The number of hydrogen-bond donors (Lipinski definition) is 1. The van der Waals surface area contributed by atoms with E-state index in [9.17, 15) is 14.4 Å². The van der Waals surface area contributed by atoms with Crippen LogP contribution in [-0.2, 0) is 16.6 Å². The topological polar surface area (TPSA) is 115 Å². The number of rotatable bonds is 6. The van der Waals surface area contributed by atoms with Crippen LogP contribution in [0.3, 0.4) is 0 Å². The van der Waals surface area contributed by atoms with Gasteiger partial charge in [0, 0.05) is 57.9 Å². The van der Waals surface area contributed by atoms with Crippen molar-refractivity contribution in [1.29, 1.82) is 0 Å². The summed E-state index contributed by atoms with van der Waals surface area (Å²) in [4.78, 5) is 51.2. The first-order valence-electron chi connectivity index (χ1n) is 12.1. The standard InChI is InChI=1S/C26H25Cl2N7O4/c1-32-23-18(24(37)35(26(32)38)22-19(27)4-3-5-20(22)28)14-29-25(31-23)30-16-6-8-17(9-7-16)33-10-12-34(13-11-33)21(36)15-39-2/h3-9,14H,10-13,15H2,1-2H3,(H,29,30,31). The lowest BCUT2D eigenvalue weighted by atomic mass is 10.2. The first-order valence-corrected chi connectivity index (χ1v) is 12.9. The first kappa shape index (κ1) is 26.7. The zero-order valence-corrected chi connectivity index (χ0v) is 22.7. The number of aryl methyl sites for hydroxylation is 1. The summed E-state index contributed by atoms with van der Waals surface area (Å²) in [5.41, 5.74) is 0.773. The molecule has 0 atom stereocenters. The fraction of sp³-hybridized carbons (Fsp3) is 0.269. The zero-order chi connectivity index (χ0) is 27.7. The van der Waals surface area contributed by atoms with E-state index in [0.29, 0.717) is 13.1 Å². The molecule has 0 spiro atoms. The Hall–Kier alpha value is -3.93. The Labute approximate surface area is 233 Å². The molecule has 1 saturated heterocycles. The van der Waals surface area contributed by atoms with Crippen LogP contribution in [0, 0.1) is 0 Å². The number of piperazine rings is 1. The molecule has 1 amide bonds. The second kappa shape index (κ2) is 11.0. The number of halogens is 2. The average Bonchev–Trinajstić information content (AvgIpc) is 2.94. The Morgan fingerprint density at radius 3 is 2.33 bits per heavy atom. The van der Waals surface area contributed by atoms with Crippen molar-refractivity contribution in [3.05, 3.63) is 79.5 Å². The smallest absolute Gasteiger partial charge is 0.337 e. The number of amides is 1. The third-order valence-corrected chi connectivity index (χ3v) is 7.16. The van der Waals surface area contributed by atoms with Gasteiger partial charge in [-0.2, -0.15) is 4.98 Å². The molecule has 1 aliphatic heterocycles. The minimum Gasteiger partial charge on any atom is -0.375 e. The molecule has 0 radical (unpaired) electrons. The quantitative estimate of drug-likeness (QED) is 0.377. The summed E-state index contributed by atoms with van der Waals surface area (Å²) in [7, 11) is 3.03. The highest BCUT2D eigenvalue weighted by Gasteiger charge is 2.21. The highest BCUT2D eigenvalue weighted by molar-refractivity contribution is 6.37. The van der Waals surface area contributed by atoms with Gasteiger partial charge in [-0.3, -0.25) is 14.2 Å². The van der Waals surface area contributed by atoms with Gasteiger partial charge in [-0.15, -0.1) is 0 Å². The van der Waals surface area contributed by atoms with Gasteiger partial charge < -0.3 is 19.9 Å². The molecule has 11 nitrogen and oxygen atoms in total. The minimum absolute atomic E-state index is 0.00355. The molecule has 39 heavy (non-hydrogen) atoms. The highest BCUT2D eigenvalue weighted by Crippen LogP contribution is 2.27. The second-order valence-corrected chi connectivity index (χ2v) is 9.77. The van der Waals surface area contributed by atoms with E-state index in [1.807, 2.05) is 24.3 Å². The van der Waals surface area contributed by atoms with Crippen LogP contribution in [0.5, 0.6) is 0 Å². The fourth-order valence-corrected chi connectivity index (χ4v) is 5.07. The number of fused-ring (bicyclic) bond motifs is 1. The van der Waals surface area contributed by atoms with E-state index in [1.54, 1.807) is 23.1 Å². The van der Waals surface area contributed by atoms with E-state index in [4.69, 9.17) is 27.9 Å². The molecule has 0 saturated carbocycles. The van der Waals surface area contributed by atoms with Crippen LogP contribution in [0.4, 0.5) is 17.3 Å². The summed E-state index contributed by atoms with van der Waals surface area (Å²) in [6, 6.07) is 12.5. The van der Waals surface area contributed by atoms with E-state index in [0.717, 1.165) is 29.0 Å². The molecule has 1 N–H and O–H groups in total. The number of nitrogens with zero attached hydrogens (tertiary/aromatic N) is 6. The Balaban J connectivity index is 1.36. The van der Waals surface area contributed by atoms with Gasteiger partial charge in [0.15, 0.2) is 5.65 Å². The number of carbonyl (C=O) groups is 1. The molecule has 2 aromatic heterocycles. The predicted molar refractivity (Wildman–Crippen MR) is 151 cm³/mol. The number of carbonyl (C=O) groups excluding carboxylic acids is 1. The molecule has 1 aliphatic rings. The molecule has 0 bridgehead atoms. The SMILES string of the molecule is COCC(=O)N1CCN(c2ccc(Nc3ncc4c(=O)n(-c5c(Cl)cccc5Cl)c(=O)n(C)c4n3)cc2)CC1. The lowest BCUT2D eigenvalue weighted by Crippen LogP contribution is -2.49. The van der Waals surface area contributed by atoms with Crippen molar-refractivity contribution >= 4 is 57.5 Å². The minimum atomic E-state index is -0.638. The van der Waals surface area contributed by atoms with Crippen LogP contribution in [-0.4, -0.2) is 69.8 Å². The lowest BCUT2D eigenvalue weighted by Gasteiger charge is -2.36. The van der Waals surface area contributed by atoms with Crippen LogP contribution in [0.15, 0.2) is 58.3 Å². The van der Waals surface area contributed by atoms with Crippen LogP contribution in [0.1, 0.15) is 0 Å². The second-order valence-electron chi connectivity index (χ2n) is 8.96. The van der Waals surface area contributed by atoms with E-state index in [1.165, 1.54) is 24.9 Å². The summed E-state index contributed by atoms with van der Waals surface area (Å²) in [6.07, 6.45) is 1.37. The van der Waals surface area contributed by atoms with E-state index in [-0.39, 0.29) is 45.2 Å². The predicted octanol–water partition coefficient (Wildman–Crippen LogP) is 2.82. The monoisotopic (exact) mass is 569 g/mol. The Morgan fingerprint density at radius 1 is 1.03 bits per heavy atom. The van der Waals surface area contributed by atoms with Crippen molar-refractivity contribution in [3.63, 3.8) is 0 Å². The first-order chi connectivity index (χ1) is 18.8. The van der Waals surface area contributed by atoms with Gasteiger partial charge in [0.25, 0.3) is 5.56 Å². The maximum absolute atomic E-state index is 13.3. The number of nitrogens with one attached hydrogen (secondary N) is 1. The van der Waals surface area contributed by atoms with Crippen molar-refractivity contribution in [2.45, 2.75) is 0 Å². The Bertz CT molecular complexity index is 1640. The largest absolute Gasteiger partial charge is 0.375 e. The fourth-order valence-electron chi connectivity index (χ4n) is 4.50. The lowest BCUT2D eigenvalue weighted by molar-refractivity contribution is -0.135. The van der Waals surface area contributed by atoms with Gasteiger partial charge in [-0.1, -0.05) is 29.3 Å². The van der Waals surface area contributed by atoms with E-state index >= 15 is 0 Å². The summed E-state index contributed by atoms with van der Waals surface area (Å²) >= 11 is 12.5. The number of methoxy groups -OCH3 is 1. The highest BCUT2D eigenvalue weighted by atomic mass is 35.5. The van der Waals surface area contributed by atoms with Crippen molar-refractivity contribution in [2.75, 3.05) is 50.1 Å². The molecule has 0 aliphatic carbocycles. The molecule has 2 aromatic carbocycles. The molecule has 202 valence electrons. The zero-order valence-electron chi connectivity index (χ0n) is 21.2. The molecule has 4 aromatic rings. The molecule has 1 fully saturated rings. The Kier molecular flexibility index (Phi) is 7.56. The summed E-state index contributed by atoms with van der Waals surface area (Å²) in [5, 5.41) is 3.60. The van der Waals surface area contributed by atoms with Gasteiger partial charge in [0.05, 0.1) is 15.7 Å². The number of ether oxygens (including phenoxy) is 1. The van der Waals surface area contributed by atoms with Crippen LogP contribution < -0.4 is 21.5 Å². The number of hydrogen-bond acceptors (Lipinski definition) is 8. The maximum Gasteiger partial charge on any atom is 0.337 e.